The van der Waals surface area contributed by atoms with Crippen LogP contribution >= 0.6 is 0 Å². The summed E-state index contributed by atoms with van der Waals surface area (Å²) in [6, 6.07) is 16.6. The lowest BCUT2D eigenvalue weighted by Gasteiger charge is -2.20. The smallest absolute Gasteiger partial charge is 0.155 e. The van der Waals surface area contributed by atoms with Crippen LogP contribution < -0.4 is 0 Å². The van der Waals surface area contributed by atoms with Gasteiger partial charge in [-0.1, -0.05) is 30.3 Å². The maximum Gasteiger partial charge on any atom is 0.155 e. The molecule has 0 fully saturated rings. The van der Waals surface area contributed by atoms with Gasteiger partial charge in [-0.05, 0) is 39.0 Å². The monoisotopic (exact) mass is 317 g/mol. The third kappa shape index (κ3) is 2.38. The van der Waals surface area contributed by atoms with Crippen LogP contribution in [0.4, 0.5) is 0 Å². The Bertz CT molecular complexity index is 976. The number of nitrogens with zero attached hydrogens (tertiary/aromatic N) is 4. The predicted molar refractivity (Wildman–Crippen MR) is 95.5 cm³/mol. The molecule has 0 saturated carbocycles. The Morgan fingerprint density at radius 3 is 2.42 bits per heavy atom. The molecule has 0 spiro atoms. The fourth-order valence-electron chi connectivity index (χ4n) is 2.93. The van der Waals surface area contributed by atoms with Crippen LogP contribution in [-0.4, -0.2) is 25.0 Å². The second kappa shape index (κ2) is 5.30. The quantitative estimate of drug-likeness (QED) is 0.601. The molecule has 0 aliphatic heterocycles. The Morgan fingerprint density at radius 1 is 0.958 bits per heavy atom. The predicted octanol–water partition coefficient (Wildman–Crippen LogP) is 4.24. The molecule has 24 heavy (non-hydrogen) atoms. The molecule has 2 aromatic carbocycles. The van der Waals surface area contributed by atoms with Gasteiger partial charge in [0, 0.05) is 16.5 Å². The van der Waals surface area contributed by atoms with Crippen LogP contribution in [0.3, 0.4) is 0 Å². The molecule has 5 nitrogen and oxygen atoms in total. The normalized spacial score (nSPS) is 12.0. The fourth-order valence-corrected chi connectivity index (χ4v) is 2.93. The first-order valence-electron chi connectivity index (χ1n) is 7.98. The number of aromatic amines is 1. The molecular weight excluding hydrogens is 298 g/mol. The summed E-state index contributed by atoms with van der Waals surface area (Å²) >= 11 is 0. The van der Waals surface area contributed by atoms with Gasteiger partial charge < -0.3 is 0 Å². The molecule has 0 aliphatic carbocycles. The van der Waals surface area contributed by atoms with E-state index in [0.717, 1.165) is 33.5 Å². The Kier molecular flexibility index (Phi) is 3.23. The molecule has 0 unspecified atom stereocenters. The maximum absolute atomic E-state index is 4.92. The number of rotatable bonds is 2. The van der Waals surface area contributed by atoms with Crippen molar-refractivity contribution >= 4 is 10.9 Å². The van der Waals surface area contributed by atoms with Gasteiger partial charge in [0.05, 0.1) is 11.1 Å². The molecule has 5 heteroatoms. The first kappa shape index (κ1) is 14.6. The topological polar surface area (TPSA) is 59.4 Å². The Morgan fingerprint density at radius 2 is 1.75 bits per heavy atom. The number of H-pyrrole nitrogens is 1. The van der Waals surface area contributed by atoms with E-state index in [1.165, 1.54) is 6.33 Å². The molecule has 0 bridgehead atoms. The highest BCUT2D eigenvalue weighted by Crippen LogP contribution is 2.33. The number of hydrogen-bond donors (Lipinski definition) is 1. The Balaban J connectivity index is 2.01. The zero-order valence-electron chi connectivity index (χ0n) is 14.0. The van der Waals surface area contributed by atoms with E-state index < -0.39 is 0 Å². The zero-order valence-corrected chi connectivity index (χ0v) is 14.0. The van der Waals surface area contributed by atoms with Crippen molar-refractivity contribution in [3.63, 3.8) is 0 Å². The van der Waals surface area contributed by atoms with Gasteiger partial charge >= 0.3 is 0 Å². The molecule has 0 radical (unpaired) electrons. The lowest BCUT2D eigenvalue weighted by molar-refractivity contribution is 0.369. The molecule has 0 saturated heterocycles. The van der Waals surface area contributed by atoms with Gasteiger partial charge in [-0.3, -0.25) is 9.78 Å². The van der Waals surface area contributed by atoms with Crippen LogP contribution in [0.25, 0.3) is 33.5 Å². The van der Waals surface area contributed by atoms with Gasteiger partial charge in [-0.25, -0.2) is 4.98 Å². The van der Waals surface area contributed by atoms with Crippen LogP contribution in [0.1, 0.15) is 20.8 Å². The van der Waals surface area contributed by atoms with Crippen molar-refractivity contribution in [1.29, 1.82) is 0 Å². The van der Waals surface area contributed by atoms with Crippen LogP contribution in [0, 0.1) is 0 Å². The standard InChI is InChI=1S/C19H19N5/c1-19(2,3)24-16-10-9-14(18-20-12-21-22-18)11-15(16)17(23-24)13-7-5-4-6-8-13/h4-12H,1-3H3,(H,20,21,22). The van der Waals surface area contributed by atoms with Crippen LogP contribution in [-0.2, 0) is 5.54 Å². The van der Waals surface area contributed by atoms with E-state index in [4.69, 9.17) is 5.10 Å². The third-order valence-electron chi connectivity index (χ3n) is 4.05. The van der Waals surface area contributed by atoms with Crippen molar-refractivity contribution < 1.29 is 0 Å². The summed E-state index contributed by atoms with van der Waals surface area (Å²) in [4.78, 5) is 4.26. The van der Waals surface area contributed by atoms with Crippen molar-refractivity contribution in [3.05, 3.63) is 54.9 Å². The molecule has 120 valence electrons. The zero-order chi connectivity index (χ0) is 16.7. The summed E-state index contributed by atoms with van der Waals surface area (Å²) in [5, 5.41) is 12.9. The van der Waals surface area contributed by atoms with E-state index in [0.29, 0.717) is 0 Å². The lowest BCUT2D eigenvalue weighted by Crippen LogP contribution is -2.22. The number of aromatic nitrogens is 5. The van der Waals surface area contributed by atoms with Gasteiger partial charge in [0.25, 0.3) is 0 Å². The SMILES string of the molecule is CC(C)(C)n1nc(-c2ccccc2)c2cc(-c3ncn[nH]3)ccc21. The minimum absolute atomic E-state index is 0.0982. The van der Waals surface area contributed by atoms with Gasteiger partial charge in [-0.2, -0.15) is 10.2 Å². The summed E-state index contributed by atoms with van der Waals surface area (Å²) < 4.78 is 2.09. The van der Waals surface area contributed by atoms with Crippen molar-refractivity contribution in [2.45, 2.75) is 26.3 Å². The fraction of sp³-hybridized carbons (Fsp3) is 0.211. The van der Waals surface area contributed by atoms with Gasteiger partial charge in [0.15, 0.2) is 5.82 Å². The van der Waals surface area contributed by atoms with Crippen molar-refractivity contribution in [1.82, 2.24) is 25.0 Å². The van der Waals surface area contributed by atoms with Crippen LogP contribution in [0.5, 0.6) is 0 Å². The summed E-state index contributed by atoms with van der Waals surface area (Å²) in [6.45, 7) is 6.50. The van der Waals surface area contributed by atoms with E-state index in [2.05, 4.69) is 71.0 Å². The summed E-state index contributed by atoms with van der Waals surface area (Å²) in [7, 11) is 0. The van der Waals surface area contributed by atoms with Crippen LogP contribution in [0.15, 0.2) is 54.9 Å². The van der Waals surface area contributed by atoms with Crippen molar-refractivity contribution in [2.75, 3.05) is 0 Å². The highest BCUT2D eigenvalue weighted by atomic mass is 15.3. The molecule has 4 aromatic rings. The largest absolute Gasteiger partial charge is 0.259 e. The summed E-state index contributed by atoms with van der Waals surface area (Å²) in [5.74, 6) is 0.763. The molecule has 0 atom stereocenters. The average Bonchev–Trinajstić information content (AvgIpc) is 3.22. The highest BCUT2D eigenvalue weighted by Gasteiger charge is 2.21. The maximum atomic E-state index is 4.92. The number of benzene rings is 2. The Hall–Kier alpha value is -2.95. The van der Waals surface area contributed by atoms with Crippen LogP contribution in [0.2, 0.25) is 0 Å². The summed E-state index contributed by atoms with van der Waals surface area (Å²) in [5.41, 5.74) is 4.12. The van der Waals surface area contributed by atoms with Gasteiger partial charge in [0.1, 0.15) is 12.0 Å². The van der Waals surface area contributed by atoms with E-state index >= 15 is 0 Å². The minimum atomic E-state index is -0.0982. The number of fused-ring (bicyclic) bond motifs is 1. The van der Waals surface area contributed by atoms with E-state index in [1.807, 2.05) is 18.2 Å². The molecular formula is C19H19N5. The molecule has 0 amide bonds. The molecule has 2 aromatic heterocycles. The molecule has 1 N–H and O–H groups in total. The second-order valence-corrected chi connectivity index (χ2v) is 6.86. The van der Waals surface area contributed by atoms with E-state index in [1.54, 1.807) is 0 Å². The Labute approximate surface area is 140 Å². The average molecular weight is 317 g/mol. The van der Waals surface area contributed by atoms with Crippen molar-refractivity contribution in [2.24, 2.45) is 0 Å². The number of hydrogen-bond acceptors (Lipinski definition) is 3. The summed E-state index contributed by atoms with van der Waals surface area (Å²) in [6.07, 6.45) is 1.52. The van der Waals surface area contributed by atoms with Gasteiger partial charge in [0.2, 0.25) is 0 Å². The molecule has 2 heterocycles. The van der Waals surface area contributed by atoms with E-state index in [-0.39, 0.29) is 5.54 Å². The van der Waals surface area contributed by atoms with Gasteiger partial charge in [-0.15, -0.1) is 0 Å². The first-order chi connectivity index (χ1) is 11.5. The minimum Gasteiger partial charge on any atom is -0.259 e. The first-order valence-corrected chi connectivity index (χ1v) is 7.98. The third-order valence-corrected chi connectivity index (χ3v) is 4.05. The molecule has 0 aliphatic rings. The highest BCUT2D eigenvalue weighted by molar-refractivity contribution is 5.95. The lowest BCUT2D eigenvalue weighted by atomic mass is 10.0. The molecule has 4 rings (SSSR count). The van der Waals surface area contributed by atoms with Crippen molar-refractivity contribution in [3.8, 4) is 22.6 Å². The van der Waals surface area contributed by atoms with E-state index in [9.17, 15) is 0 Å². The number of nitrogens with one attached hydrogen (secondary N) is 1. The second-order valence-electron chi connectivity index (χ2n) is 6.86.